The minimum absolute atomic E-state index is 0.735. The Labute approximate surface area is 110 Å². The number of ether oxygens (including phenoxy) is 1. The first kappa shape index (κ1) is 13.2. The van der Waals surface area contributed by atoms with Crippen molar-refractivity contribution in [1.82, 2.24) is 5.32 Å². The largest absolute Gasteiger partial charge is 0.495 e. The molecule has 3 N–H and O–H groups in total. The van der Waals surface area contributed by atoms with Gasteiger partial charge < -0.3 is 15.8 Å². The molecule has 0 aliphatic heterocycles. The number of rotatable bonds is 6. The van der Waals surface area contributed by atoms with Crippen LogP contribution in [0, 0.1) is 0 Å². The number of nitrogens with one attached hydrogen (secondary N) is 1. The molecule has 0 unspecified atom stereocenters. The van der Waals surface area contributed by atoms with Gasteiger partial charge in [-0.25, -0.2) is 0 Å². The Kier molecular flexibility index (Phi) is 4.88. The zero-order valence-corrected chi connectivity index (χ0v) is 11.2. The summed E-state index contributed by atoms with van der Waals surface area (Å²) in [6.07, 6.45) is 7.75. The second-order valence-electron chi connectivity index (χ2n) is 5.12. The van der Waals surface area contributed by atoms with E-state index in [1.54, 1.807) is 7.11 Å². The molecule has 100 valence electrons. The van der Waals surface area contributed by atoms with Crippen LogP contribution in [0.4, 0.5) is 5.69 Å². The van der Waals surface area contributed by atoms with Gasteiger partial charge in [-0.15, -0.1) is 0 Å². The molecule has 0 atom stereocenters. The van der Waals surface area contributed by atoms with Gasteiger partial charge in [-0.1, -0.05) is 18.9 Å². The molecule has 0 radical (unpaired) electrons. The van der Waals surface area contributed by atoms with E-state index in [0.29, 0.717) is 0 Å². The van der Waals surface area contributed by atoms with Crippen molar-refractivity contribution in [1.29, 1.82) is 0 Å². The van der Waals surface area contributed by atoms with Crippen LogP contribution in [0.1, 0.15) is 37.7 Å². The molecule has 1 saturated carbocycles. The minimum Gasteiger partial charge on any atom is -0.495 e. The van der Waals surface area contributed by atoms with Crippen molar-refractivity contribution in [3.63, 3.8) is 0 Å². The number of aryl methyl sites for hydroxylation is 1. The topological polar surface area (TPSA) is 47.3 Å². The lowest BCUT2D eigenvalue weighted by Crippen LogP contribution is -2.27. The van der Waals surface area contributed by atoms with Gasteiger partial charge in [0.2, 0.25) is 0 Å². The van der Waals surface area contributed by atoms with Crippen LogP contribution in [0.2, 0.25) is 0 Å². The number of hydrogen-bond acceptors (Lipinski definition) is 3. The van der Waals surface area contributed by atoms with E-state index in [9.17, 15) is 0 Å². The molecule has 1 fully saturated rings. The molecule has 3 heteroatoms. The highest BCUT2D eigenvalue weighted by Crippen LogP contribution is 2.22. The highest BCUT2D eigenvalue weighted by molar-refractivity contribution is 5.54. The van der Waals surface area contributed by atoms with Crippen molar-refractivity contribution in [3.05, 3.63) is 23.8 Å². The average molecular weight is 248 g/mol. The fraction of sp³-hybridized carbons (Fsp3) is 0.600. The van der Waals surface area contributed by atoms with Gasteiger partial charge in [0.1, 0.15) is 5.75 Å². The van der Waals surface area contributed by atoms with E-state index in [1.807, 2.05) is 12.1 Å². The number of nitrogen functional groups attached to an aromatic ring is 1. The number of methoxy groups -OCH3 is 1. The van der Waals surface area contributed by atoms with Crippen molar-refractivity contribution in [3.8, 4) is 5.75 Å². The first-order chi connectivity index (χ1) is 8.79. The fourth-order valence-electron chi connectivity index (χ4n) is 2.67. The maximum absolute atomic E-state index is 5.90. The Morgan fingerprint density at radius 1 is 1.33 bits per heavy atom. The normalized spacial score (nSPS) is 16.1. The highest BCUT2D eigenvalue weighted by Gasteiger charge is 2.13. The first-order valence-corrected chi connectivity index (χ1v) is 6.95. The lowest BCUT2D eigenvalue weighted by atomic mass is 10.1. The Morgan fingerprint density at radius 2 is 2.11 bits per heavy atom. The number of benzene rings is 1. The summed E-state index contributed by atoms with van der Waals surface area (Å²) < 4.78 is 5.16. The zero-order chi connectivity index (χ0) is 12.8. The van der Waals surface area contributed by atoms with E-state index in [-0.39, 0.29) is 0 Å². The van der Waals surface area contributed by atoms with Gasteiger partial charge >= 0.3 is 0 Å². The molecule has 2 rings (SSSR count). The summed E-state index contributed by atoms with van der Waals surface area (Å²) >= 11 is 0. The third kappa shape index (κ3) is 3.64. The molecular formula is C15H24N2O. The smallest absolute Gasteiger partial charge is 0.141 e. The van der Waals surface area contributed by atoms with E-state index >= 15 is 0 Å². The van der Waals surface area contributed by atoms with Crippen molar-refractivity contribution in [2.75, 3.05) is 19.4 Å². The van der Waals surface area contributed by atoms with Crippen LogP contribution in [0.3, 0.4) is 0 Å². The predicted molar refractivity (Wildman–Crippen MR) is 76.0 cm³/mol. The number of hydrogen-bond donors (Lipinski definition) is 2. The molecule has 1 aromatic rings. The van der Waals surface area contributed by atoms with E-state index in [4.69, 9.17) is 10.5 Å². The molecule has 0 saturated heterocycles. The van der Waals surface area contributed by atoms with Crippen LogP contribution in [-0.4, -0.2) is 19.7 Å². The third-order valence-corrected chi connectivity index (χ3v) is 3.72. The molecule has 3 nitrogen and oxygen atoms in total. The van der Waals surface area contributed by atoms with Crippen LogP contribution in [0.5, 0.6) is 5.75 Å². The Morgan fingerprint density at radius 3 is 2.78 bits per heavy atom. The lowest BCUT2D eigenvalue weighted by molar-refractivity contribution is 0.417. The van der Waals surface area contributed by atoms with Gasteiger partial charge in [0.25, 0.3) is 0 Å². The quantitative estimate of drug-likeness (QED) is 0.601. The van der Waals surface area contributed by atoms with Gasteiger partial charge in [0, 0.05) is 6.04 Å². The molecular weight excluding hydrogens is 224 g/mol. The maximum Gasteiger partial charge on any atom is 0.141 e. The number of anilines is 1. The van der Waals surface area contributed by atoms with E-state index in [0.717, 1.165) is 30.4 Å². The summed E-state index contributed by atoms with van der Waals surface area (Å²) in [7, 11) is 1.65. The average Bonchev–Trinajstić information content (AvgIpc) is 2.88. The molecule has 1 aliphatic rings. The van der Waals surface area contributed by atoms with Crippen molar-refractivity contribution >= 4 is 5.69 Å². The summed E-state index contributed by atoms with van der Waals surface area (Å²) in [5.41, 5.74) is 7.92. The summed E-state index contributed by atoms with van der Waals surface area (Å²) in [4.78, 5) is 0. The van der Waals surface area contributed by atoms with Gasteiger partial charge in [-0.2, -0.15) is 0 Å². The predicted octanol–water partition coefficient (Wildman–Crippen LogP) is 2.74. The van der Waals surface area contributed by atoms with Crippen LogP contribution in [0.25, 0.3) is 0 Å². The molecule has 0 spiro atoms. The Balaban J connectivity index is 1.71. The van der Waals surface area contributed by atoms with E-state index < -0.39 is 0 Å². The fourth-order valence-corrected chi connectivity index (χ4v) is 2.67. The van der Waals surface area contributed by atoms with Gasteiger partial charge in [0.15, 0.2) is 0 Å². The van der Waals surface area contributed by atoms with Crippen LogP contribution < -0.4 is 15.8 Å². The molecule has 1 aliphatic carbocycles. The van der Waals surface area contributed by atoms with Crippen molar-refractivity contribution in [2.45, 2.75) is 44.6 Å². The first-order valence-electron chi connectivity index (χ1n) is 6.95. The number of nitrogens with two attached hydrogens (primary N) is 1. The van der Waals surface area contributed by atoms with Gasteiger partial charge in [-0.3, -0.25) is 0 Å². The maximum atomic E-state index is 5.90. The second kappa shape index (κ2) is 6.64. The van der Waals surface area contributed by atoms with E-state index in [1.165, 1.54) is 37.7 Å². The summed E-state index contributed by atoms with van der Waals surface area (Å²) in [6.45, 7) is 1.11. The second-order valence-corrected chi connectivity index (χ2v) is 5.12. The summed E-state index contributed by atoms with van der Waals surface area (Å²) in [6, 6.07) is 6.85. The van der Waals surface area contributed by atoms with Crippen LogP contribution >= 0.6 is 0 Å². The third-order valence-electron chi connectivity index (χ3n) is 3.72. The van der Waals surface area contributed by atoms with Crippen LogP contribution in [-0.2, 0) is 6.42 Å². The van der Waals surface area contributed by atoms with Gasteiger partial charge in [0.05, 0.1) is 12.8 Å². The van der Waals surface area contributed by atoms with Crippen molar-refractivity contribution in [2.24, 2.45) is 0 Å². The zero-order valence-electron chi connectivity index (χ0n) is 11.2. The summed E-state index contributed by atoms with van der Waals surface area (Å²) in [5.74, 6) is 0.767. The standard InChI is InChI=1S/C15H24N2O/c1-18-15-9-8-12(11-14(15)16)5-4-10-17-13-6-2-3-7-13/h8-9,11,13,17H,2-7,10,16H2,1H3. The van der Waals surface area contributed by atoms with Crippen molar-refractivity contribution < 1.29 is 4.74 Å². The summed E-state index contributed by atoms with van der Waals surface area (Å²) in [5, 5.41) is 3.63. The highest BCUT2D eigenvalue weighted by atomic mass is 16.5. The lowest BCUT2D eigenvalue weighted by Gasteiger charge is -2.12. The molecule has 0 bridgehead atoms. The molecule has 0 heterocycles. The van der Waals surface area contributed by atoms with Crippen LogP contribution in [0.15, 0.2) is 18.2 Å². The molecule has 1 aromatic carbocycles. The Hall–Kier alpha value is -1.22. The molecule has 18 heavy (non-hydrogen) atoms. The Bertz CT molecular complexity index is 373. The van der Waals surface area contributed by atoms with E-state index in [2.05, 4.69) is 11.4 Å². The van der Waals surface area contributed by atoms with Gasteiger partial charge in [-0.05, 0) is 49.9 Å². The monoisotopic (exact) mass is 248 g/mol. The minimum atomic E-state index is 0.735. The SMILES string of the molecule is COc1ccc(CCCNC2CCCC2)cc1N. The molecule has 0 amide bonds. The molecule has 0 aromatic heterocycles.